The van der Waals surface area contributed by atoms with Gasteiger partial charge in [0, 0.05) is 30.6 Å². The second-order valence-corrected chi connectivity index (χ2v) is 7.85. The molecule has 4 rings (SSSR count). The van der Waals surface area contributed by atoms with Gasteiger partial charge >= 0.3 is 0 Å². The number of nitrogens with zero attached hydrogens (tertiary/aromatic N) is 1. The van der Waals surface area contributed by atoms with Gasteiger partial charge in [-0.05, 0) is 66.6 Å². The Kier molecular flexibility index (Phi) is 5.81. The van der Waals surface area contributed by atoms with Gasteiger partial charge < -0.3 is 14.6 Å². The van der Waals surface area contributed by atoms with Crippen molar-refractivity contribution >= 4 is 5.91 Å². The number of carbonyl (C=O) groups excluding carboxylic acids is 1. The zero-order valence-corrected chi connectivity index (χ0v) is 17.2. The smallest absolute Gasteiger partial charge is 0.251 e. The predicted molar refractivity (Wildman–Crippen MR) is 117 cm³/mol. The standard InChI is InChI=1S/C25H28N2O2/c1-18-8-13-23-21(16-18)17-24(19-6-4-3-5-7-19)27(23)22-11-9-20(10-12-22)25(28)26-14-15-29-2/h3-7,9-12,17-18H,8,13-16H2,1-2H3,(H,26,28)/t18-/m1/s1. The lowest BCUT2D eigenvalue weighted by Gasteiger charge is -2.21. The summed E-state index contributed by atoms with van der Waals surface area (Å²) < 4.78 is 7.37. The van der Waals surface area contributed by atoms with E-state index in [9.17, 15) is 4.79 Å². The van der Waals surface area contributed by atoms with Crippen molar-refractivity contribution < 1.29 is 9.53 Å². The van der Waals surface area contributed by atoms with Crippen LogP contribution in [0.4, 0.5) is 0 Å². The SMILES string of the molecule is COCCNC(=O)c1ccc(-n2c(-c3ccccc3)cc3c2CC[C@@H](C)C3)cc1. The van der Waals surface area contributed by atoms with E-state index in [0.717, 1.165) is 24.4 Å². The maximum Gasteiger partial charge on any atom is 0.251 e. The van der Waals surface area contributed by atoms with E-state index in [-0.39, 0.29) is 5.91 Å². The van der Waals surface area contributed by atoms with E-state index in [0.29, 0.717) is 18.7 Å². The van der Waals surface area contributed by atoms with Gasteiger partial charge in [-0.1, -0.05) is 37.3 Å². The van der Waals surface area contributed by atoms with Crippen LogP contribution in [-0.2, 0) is 17.6 Å². The number of nitrogens with one attached hydrogen (secondary N) is 1. The molecule has 4 nitrogen and oxygen atoms in total. The summed E-state index contributed by atoms with van der Waals surface area (Å²) >= 11 is 0. The molecular formula is C25H28N2O2. The van der Waals surface area contributed by atoms with Crippen LogP contribution in [0.3, 0.4) is 0 Å². The summed E-state index contributed by atoms with van der Waals surface area (Å²) in [6.45, 7) is 3.36. The van der Waals surface area contributed by atoms with Crippen molar-refractivity contribution in [2.75, 3.05) is 20.3 Å². The molecule has 1 atom stereocenters. The minimum atomic E-state index is -0.0692. The summed E-state index contributed by atoms with van der Waals surface area (Å²) in [5, 5.41) is 2.88. The molecule has 150 valence electrons. The van der Waals surface area contributed by atoms with Crippen LogP contribution >= 0.6 is 0 Å². The van der Waals surface area contributed by atoms with Crippen LogP contribution in [0.25, 0.3) is 16.9 Å². The third-order valence-electron chi connectivity index (χ3n) is 5.68. The minimum absolute atomic E-state index is 0.0692. The van der Waals surface area contributed by atoms with Gasteiger partial charge in [0.1, 0.15) is 0 Å². The number of hydrogen-bond donors (Lipinski definition) is 1. The van der Waals surface area contributed by atoms with E-state index < -0.39 is 0 Å². The Morgan fingerprint density at radius 1 is 1.14 bits per heavy atom. The summed E-state index contributed by atoms with van der Waals surface area (Å²) in [4.78, 5) is 12.3. The summed E-state index contributed by atoms with van der Waals surface area (Å²) in [6.07, 6.45) is 3.43. The molecule has 4 heteroatoms. The number of benzene rings is 2. The average molecular weight is 389 g/mol. The Morgan fingerprint density at radius 3 is 2.62 bits per heavy atom. The lowest BCUT2D eigenvalue weighted by molar-refractivity contribution is 0.0937. The molecule has 1 aromatic heterocycles. The first kappa shape index (κ1) is 19.5. The minimum Gasteiger partial charge on any atom is -0.383 e. The molecule has 0 saturated heterocycles. The zero-order chi connectivity index (χ0) is 20.2. The highest BCUT2D eigenvalue weighted by Crippen LogP contribution is 2.35. The van der Waals surface area contributed by atoms with Crippen LogP contribution in [0, 0.1) is 5.92 Å². The van der Waals surface area contributed by atoms with Gasteiger partial charge in [-0.3, -0.25) is 4.79 Å². The van der Waals surface area contributed by atoms with Gasteiger partial charge in [-0.25, -0.2) is 0 Å². The molecule has 1 aliphatic carbocycles. The van der Waals surface area contributed by atoms with E-state index in [4.69, 9.17) is 4.74 Å². The Labute approximate surface area is 172 Å². The maximum atomic E-state index is 12.3. The van der Waals surface area contributed by atoms with E-state index >= 15 is 0 Å². The molecule has 2 aromatic carbocycles. The highest BCUT2D eigenvalue weighted by atomic mass is 16.5. The maximum absolute atomic E-state index is 12.3. The van der Waals surface area contributed by atoms with Crippen molar-refractivity contribution in [3.05, 3.63) is 77.5 Å². The fourth-order valence-corrected chi connectivity index (χ4v) is 4.16. The van der Waals surface area contributed by atoms with Gasteiger partial charge in [0.2, 0.25) is 0 Å². The quantitative estimate of drug-likeness (QED) is 0.625. The molecule has 0 spiro atoms. The van der Waals surface area contributed by atoms with Crippen LogP contribution < -0.4 is 5.32 Å². The van der Waals surface area contributed by atoms with E-state index in [1.807, 2.05) is 12.1 Å². The summed E-state index contributed by atoms with van der Waals surface area (Å²) in [5.41, 5.74) is 7.06. The number of ether oxygens (including phenoxy) is 1. The second-order valence-electron chi connectivity index (χ2n) is 7.85. The molecule has 29 heavy (non-hydrogen) atoms. The number of aromatic nitrogens is 1. The van der Waals surface area contributed by atoms with Gasteiger partial charge in [0.15, 0.2) is 0 Å². The fourth-order valence-electron chi connectivity index (χ4n) is 4.16. The van der Waals surface area contributed by atoms with E-state index in [1.54, 1.807) is 7.11 Å². The van der Waals surface area contributed by atoms with E-state index in [1.165, 1.54) is 28.9 Å². The number of carbonyl (C=O) groups is 1. The van der Waals surface area contributed by atoms with Crippen molar-refractivity contribution in [3.63, 3.8) is 0 Å². The molecule has 0 bridgehead atoms. The summed E-state index contributed by atoms with van der Waals surface area (Å²) in [7, 11) is 1.63. The van der Waals surface area contributed by atoms with Crippen molar-refractivity contribution in [1.82, 2.24) is 9.88 Å². The van der Waals surface area contributed by atoms with Crippen LogP contribution in [0.1, 0.15) is 35.0 Å². The normalized spacial score (nSPS) is 15.7. The van der Waals surface area contributed by atoms with Gasteiger partial charge in [-0.15, -0.1) is 0 Å². The van der Waals surface area contributed by atoms with Crippen LogP contribution in [0.15, 0.2) is 60.7 Å². The Bertz CT molecular complexity index is 974. The Balaban J connectivity index is 1.70. The van der Waals surface area contributed by atoms with Crippen molar-refractivity contribution in [2.24, 2.45) is 5.92 Å². The molecule has 1 N–H and O–H groups in total. The first-order valence-electron chi connectivity index (χ1n) is 10.3. The van der Waals surface area contributed by atoms with Crippen molar-refractivity contribution in [2.45, 2.75) is 26.2 Å². The number of rotatable bonds is 6. The van der Waals surface area contributed by atoms with Gasteiger partial charge in [-0.2, -0.15) is 0 Å². The van der Waals surface area contributed by atoms with Crippen LogP contribution in [-0.4, -0.2) is 30.7 Å². The van der Waals surface area contributed by atoms with Crippen molar-refractivity contribution in [3.8, 4) is 16.9 Å². The Morgan fingerprint density at radius 2 is 1.90 bits per heavy atom. The molecule has 1 aliphatic rings. The lowest BCUT2D eigenvalue weighted by Crippen LogP contribution is -2.26. The van der Waals surface area contributed by atoms with Crippen molar-refractivity contribution in [1.29, 1.82) is 0 Å². The Hall–Kier alpha value is -2.85. The topological polar surface area (TPSA) is 43.3 Å². The summed E-state index contributed by atoms with van der Waals surface area (Å²) in [5.74, 6) is 0.653. The van der Waals surface area contributed by atoms with Gasteiger partial charge in [0.25, 0.3) is 5.91 Å². The molecular weight excluding hydrogens is 360 g/mol. The summed E-state index contributed by atoms with van der Waals surface area (Å²) in [6, 6.07) is 20.8. The second kappa shape index (κ2) is 8.66. The lowest BCUT2D eigenvalue weighted by atomic mass is 9.89. The molecule has 0 saturated carbocycles. The predicted octanol–water partition coefficient (Wildman–Crippen LogP) is 4.65. The molecule has 3 aromatic rings. The number of methoxy groups -OCH3 is 1. The monoisotopic (exact) mass is 388 g/mol. The number of hydrogen-bond acceptors (Lipinski definition) is 2. The van der Waals surface area contributed by atoms with E-state index in [2.05, 4.69) is 65.3 Å². The van der Waals surface area contributed by atoms with Crippen LogP contribution in [0.2, 0.25) is 0 Å². The fraction of sp³-hybridized carbons (Fsp3) is 0.320. The highest BCUT2D eigenvalue weighted by Gasteiger charge is 2.23. The molecule has 0 radical (unpaired) electrons. The van der Waals surface area contributed by atoms with Crippen LogP contribution in [0.5, 0.6) is 0 Å². The number of fused-ring (bicyclic) bond motifs is 1. The largest absolute Gasteiger partial charge is 0.383 e. The van der Waals surface area contributed by atoms with Gasteiger partial charge in [0.05, 0.1) is 12.3 Å². The molecule has 0 aliphatic heterocycles. The molecule has 1 heterocycles. The first-order chi connectivity index (χ1) is 14.2. The highest BCUT2D eigenvalue weighted by molar-refractivity contribution is 5.94. The molecule has 1 amide bonds. The number of amides is 1. The average Bonchev–Trinajstić information content (AvgIpc) is 3.13. The molecule has 0 unspecified atom stereocenters. The third kappa shape index (κ3) is 4.13. The third-order valence-corrected chi connectivity index (χ3v) is 5.68. The zero-order valence-electron chi connectivity index (χ0n) is 17.2. The first-order valence-corrected chi connectivity index (χ1v) is 10.3. The molecule has 0 fully saturated rings.